The SMILES string of the molecule is CCCNCCc1ccc(OC(=O)c2cccnc2C)c(OC(=O)c2cccnc2C)c1. The van der Waals surface area contributed by atoms with E-state index in [0.29, 0.717) is 22.5 Å². The van der Waals surface area contributed by atoms with E-state index in [1.807, 2.05) is 6.07 Å². The van der Waals surface area contributed by atoms with Crippen LogP contribution in [0.1, 0.15) is 51.0 Å². The van der Waals surface area contributed by atoms with Gasteiger partial charge < -0.3 is 14.8 Å². The van der Waals surface area contributed by atoms with Crippen LogP contribution < -0.4 is 14.8 Å². The van der Waals surface area contributed by atoms with E-state index in [-0.39, 0.29) is 11.5 Å². The van der Waals surface area contributed by atoms with Crippen LogP contribution in [0.2, 0.25) is 0 Å². The Bertz CT molecular complexity index is 1100. The van der Waals surface area contributed by atoms with Crippen LogP contribution in [0.15, 0.2) is 54.9 Å². The average Bonchev–Trinajstić information content (AvgIpc) is 2.78. The molecule has 0 spiro atoms. The molecular weight excluding hydrogens is 406 g/mol. The predicted octanol–water partition coefficient (Wildman–Crippen LogP) is 4.07. The number of benzene rings is 1. The van der Waals surface area contributed by atoms with E-state index in [1.165, 1.54) is 0 Å². The fourth-order valence-electron chi connectivity index (χ4n) is 3.12. The minimum absolute atomic E-state index is 0.165. The second-order valence-electron chi connectivity index (χ2n) is 7.33. The summed E-state index contributed by atoms with van der Waals surface area (Å²) in [5.74, 6) is -0.783. The van der Waals surface area contributed by atoms with E-state index in [1.54, 1.807) is 62.6 Å². The number of ether oxygens (including phenoxy) is 2. The molecule has 0 amide bonds. The zero-order valence-corrected chi connectivity index (χ0v) is 18.6. The first-order valence-electron chi connectivity index (χ1n) is 10.6. The molecule has 0 unspecified atom stereocenters. The third-order valence-electron chi connectivity index (χ3n) is 4.88. The Balaban J connectivity index is 1.86. The van der Waals surface area contributed by atoms with Gasteiger partial charge in [-0.3, -0.25) is 9.97 Å². The Kier molecular flexibility index (Phi) is 8.05. The molecule has 0 atom stereocenters. The Labute approximate surface area is 187 Å². The highest BCUT2D eigenvalue weighted by Gasteiger charge is 2.19. The lowest BCUT2D eigenvalue weighted by atomic mass is 10.1. The van der Waals surface area contributed by atoms with Gasteiger partial charge in [0.2, 0.25) is 0 Å². The molecule has 3 rings (SSSR count). The molecule has 166 valence electrons. The lowest BCUT2D eigenvalue weighted by Crippen LogP contribution is -2.18. The quantitative estimate of drug-likeness (QED) is 0.309. The van der Waals surface area contributed by atoms with Gasteiger partial charge >= 0.3 is 11.9 Å². The molecule has 7 heteroatoms. The van der Waals surface area contributed by atoms with Crippen LogP contribution in [0, 0.1) is 13.8 Å². The molecule has 0 saturated carbocycles. The number of carbonyl (C=O) groups is 2. The summed E-state index contributed by atoms with van der Waals surface area (Å²) in [7, 11) is 0. The highest BCUT2D eigenvalue weighted by atomic mass is 16.6. The molecular formula is C25H27N3O4. The first kappa shape index (κ1) is 23.1. The summed E-state index contributed by atoms with van der Waals surface area (Å²) in [5, 5.41) is 3.34. The zero-order valence-electron chi connectivity index (χ0n) is 18.6. The van der Waals surface area contributed by atoms with Crippen molar-refractivity contribution < 1.29 is 19.1 Å². The number of esters is 2. The van der Waals surface area contributed by atoms with Crippen molar-refractivity contribution in [2.45, 2.75) is 33.6 Å². The largest absolute Gasteiger partial charge is 0.419 e. The van der Waals surface area contributed by atoms with Crippen LogP contribution in [-0.4, -0.2) is 35.0 Å². The van der Waals surface area contributed by atoms with Gasteiger partial charge in [-0.2, -0.15) is 0 Å². The van der Waals surface area contributed by atoms with Crippen LogP contribution in [0.4, 0.5) is 0 Å². The van der Waals surface area contributed by atoms with Gasteiger partial charge in [-0.05, 0) is 81.7 Å². The third-order valence-corrected chi connectivity index (χ3v) is 4.88. The van der Waals surface area contributed by atoms with Gasteiger partial charge in [-0.15, -0.1) is 0 Å². The van der Waals surface area contributed by atoms with Gasteiger partial charge in [0, 0.05) is 12.4 Å². The van der Waals surface area contributed by atoms with Crippen molar-refractivity contribution in [1.82, 2.24) is 15.3 Å². The molecule has 0 aliphatic rings. The van der Waals surface area contributed by atoms with Crippen molar-refractivity contribution >= 4 is 11.9 Å². The summed E-state index contributed by atoms with van der Waals surface area (Å²) >= 11 is 0. The standard InChI is InChI=1S/C25H27N3O4/c1-4-12-26-15-11-19-9-10-22(31-24(29)20-7-5-13-27-17(20)2)23(16-19)32-25(30)21-8-6-14-28-18(21)3/h5-10,13-14,16,26H,4,11-12,15H2,1-3H3. The number of hydrogen-bond donors (Lipinski definition) is 1. The number of pyridine rings is 2. The fourth-order valence-corrected chi connectivity index (χ4v) is 3.12. The molecule has 7 nitrogen and oxygen atoms in total. The van der Waals surface area contributed by atoms with Crippen LogP contribution in [0.3, 0.4) is 0 Å². The van der Waals surface area contributed by atoms with Crippen molar-refractivity contribution in [3.63, 3.8) is 0 Å². The number of carbonyl (C=O) groups excluding carboxylic acids is 2. The summed E-state index contributed by atoms with van der Waals surface area (Å²) in [4.78, 5) is 33.7. The van der Waals surface area contributed by atoms with Crippen molar-refractivity contribution in [3.8, 4) is 11.5 Å². The Morgan fingerprint density at radius 1 is 0.844 bits per heavy atom. The van der Waals surface area contributed by atoms with Crippen molar-refractivity contribution in [2.24, 2.45) is 0 Å². The van der Waals surface area contributed by atoms with Crippen LogP contribution in [0.25, 0.3) is 0 Å². The molecule has 1 N–H and O–H groups in total. The van der Waals surface area contributed by atoms with Crippen molar-refractivity contribution in [3.05, 3.63) is 82.9 Å². The summed E-state index contributed by atoms with van der Waals surface area (Å²) < 4.78 is 11.2. The molecule has 1 aromatic carbocycles. The minimum atomic E-state index is -0.567. The molecule has 2 aromatic heterocycles. The Hall–Kier alpha value is -3.58. The molecule has 0 saturated heterocycles. The summed E-state index contributed by atoms with van der Waals surface area (Å²) in [6, 6.07) is 11.9. The first-order valence-corrected chi connectivity index (χ1v) is 10.6. The average molecular weight is 434 g/mol. The van der Waals surface area contributed by atoms with Gasteiger partial charge in [-0.25, -0.2) is 9.59 Å². The second kappa shape index (κ2) is 11.2. The molecule has 32 heavy (non-hydrogen) atoms. The molecule has 2 heterocycles. The number of rotatable bonds is 9. The molecule has 0 aliphatic heterocycles. The normalized spacial score (nSPS) is 10.6. The Morgan fingerprint density at radius 3 is 2.00 bits per heavy atom. The molecule has 3 aromatic rings. The van der Waals surface area contributed by atoms with Gasteiger partial charge in [0.15, 0.2) is 11.5 Å². The third kappa shape index (κ3) is 5.98. The van der Waals surface area contributed by atoms with E-state index in [4.69, 9.17) is 9.47 Å². The van der Waals surface area contributed by atoms with E-state index < -0.39 is 11.9 Å². The number of nitrogens with one attached hydrogen (secondary N) is 1. The monoisotopic (exact) mass is 433 g/mol. The van der Waals surface area contributed by atoms with E-state index in [0.717, 1.165) is 31.5 Å². The molecule has 0 radical (unpaired) electrons. The van der Waals surface area contributed by atoms with Crippen LogP contribution in [-0.2, 0) is 6.42 Å². The van der Waals surface area contributed by atoms with E-state index in [9.17, 15) is 9.59 Å². The van der Waals surface area contributed by atoms with Gasteiger partial charge in [0.05, 0.1) is 22.5 Å². The highest BCUT2D eigenvalue weighted by Crippen LogP contribution is 2.30. The maximum absolute atomic E-state index is 12.8. The van der Waals surface area contributed by atoms with E-state index in [2.05, 4.69) is 22.2 Å². The zero-order chi connectivity index (χ0) is 22.9. The lowest BCUT2D eigenvalue weighted by Gasteiger charge is -2.13. The maximum atomic E-state index is 12.8. The number of hydrogen-bond acceptors (Lipinski definition) is 7. The van der Waals surface area contributed by atoms with Gasteiger partial charge in [0.25, 0.3) is 0 Å². The van der Waals surface area contributed by atoms with Crippen LogP contribution in [0.5, 0.6) is 11.5 Å². The van der Waals surface area contributed by atoms with Crippen molar-refractivity contribution in [1.29, 1.82) is 0 Å². The van der Waals surface area contributed by atoms with Crippen molar-refractivity contribution in [2.75, 3.05) is 13.1 Å². The predicted molar refractivity (Wildman–Crippen MR) is 121 cm³/mol. The Morgan fingerprint density at radius 2 is 1.44 bits per heavy atom. The second-order valence-corrected chi connectivity index (χ2v) is 7.33. The highest BCUT2D eigenvalue weighted by molar-refractivity contribution is 5.94. The number of aryl methyl sites for hydroxylation is 2. The molecule has 0 aliphatic carbocycles. The smallest absolute Gasteiger partial charge is 0.345 e. The summed E-state index contributed by atoms with van der Waals surface area (Å²) in [6.45, 7) is 7.30. The topological polar surface area (TPSA) is 90.4 Å². The number of aromatic nitrogens is 2. The summed E-state index contributed by atoms with van der Waals surface area (Å²) in [6.07, 6.45) is 5.01. The fraction of sp³-hybridized carbons (Fsp3) is 0.280. The number of nitrogens with zero attached hydrogens (tertiary/aromatic N) is 2. The van der Waals surface area contributed by atoms with E-state index >= 15 is 0 Å². The summed E-state index contributed by atoms with van der Waals surface area (Å²) in [5.41, 5.74) is 2.77. The van der Waals surface area contributed by atoms with Gasteiger partial charge in [-0.1, -0.05) is 13.0 Å². The molecule has 0 bridgehead atoms. The van der Waals surface area contributed by atoms with Crippen LogP contribution >= 0.6 is 0 Å². The molecule has 0 fully saturated rings. The maximum Gasteiger partial charge on any atom is 0.345 e. The first-order chi connectivity index (χ1) is 15.5. The lowest BCUT2D eigenvalue weighted by molar-refractivity contribution is 0.0680. The van der Waals surface area contributed by atoms with Gasteiger partial charge in [0.1, 0.15) is 0 Å². The minimum Gasteiger partial charge on any atom is -0.419 e.